The third-order valence-corrected chi connectivity index (χ3v) is 4.58. The second-order valence-electron chi connectivity index (χ2n) is 6.64. The molecule has 0 saturated heterocycles. The molecule has 4 rings (SSSR count). The third-order valence-electron chi connectivity index (χ3n) is 4.58. The number of hydrogen-bond donors (Lipinski definition) is 2. The molecule has 30 heavy (non-hydrogen) atoms. The Bertz CT molecular complexity index is 1140. The van der Waals surface area contributed by atoms with Crippen molar-refractivity contribution in [3.63, 3.8) is 0 Å². The Morgan fingerprint density at radius 3 is 2.03 bits per heavy atom. The van der Waals surface area contributed by atoms with Gasteiger partial charge >= 0.3 is 0 Å². The molecule has 1 aromatic heterocycles. The van der Waals surface area contributed by atoms with Gasteiger partial charge in [0.05, 0.1) is 11.9 Å². The number of para-hydroxylation sites is 1. The van der Waals surface area contributed by atoms with Gasteiger partial charge in [0.25, 0.3) is 11.8 Å². The summed E-state index contributed by atoms with van der Waals surface area (Å²) in [5.74, 6) is -0.310. The summed E-state index contributed by atoms with van der Waals surface area (Å²) in [6.07, 6.45) is 1.47. The smallest absolute Gasteiger partial charge is 0.256 e. The Morgan fingerprint density at radius 1 is 0.767 bits per heavy atom. The molecule has 0 aliphatic heterocycles. The van der Waals surface area contributed by atoms with E-state index in [1.807, 2.05) is 66.7 Å². The molecule has 0 aliphatic rings. The van der Waals surface area contributed by atoms with Crippen LogP contribution in [0.15, 0.2) is 97.2 Å². The second kappa shape index (κ2) is 8.87. The highest BCUT2D eigenvalue weighted by Gasteiger charge is 2.21. The summed E-state index contributed by atoms with van der Waals surface area (Å²) in [6.45, 7) is 0.377. The van der Waals surface area contributed by atoms with Crippen molar-refractivity contribution < 1.29 is 9.59 Å². The monoisotopic (exact) mass is 396 g/mol. The minimum absolute atomic E-state index is 0.291. The number of carbonyl (C=O) groups excluding carboxylic acids is 2. The van der Waals surface area contributed by atoms with Crippen LogP contribution < -0.4 is 10.6 Å². The number of rotatable bonds is 6. The highest BCUT2D eigenvalue weighted by molar-refractivity contribution is 6.08. The highest BCUT2D eigenvalue weighted by Crippen LogP contribution is 2.21. The fourth-order valence-corrected chi connectivity index (χ4v) is 3.04. The van der Waals surface area contributed by atoms with Gasteiger partial charge in [0, 0.05) is 12.1 Å². The summed E-state index contributed by atoms with van der Waals surface area (Å²) in [6, 6.07) is 27.8. The molecule has 2 amide bonds. The van der Waals surface area contributed by atoms with Crippen molar-refractivity contribution in [2.75, 3.05) is 5.32 Å². The van der Waals surface area contributed by atoms with Crippen LogP contribution in [0.25, 0.3) is 5.69 Å². The molecule has 6 nitrogen and oxygen atoms in total. The average molecular weight is 396 g/mol. The molecule has 148 valence electrons. The van der Waals surface area contributed by atoms with E-state index < -0.39 is 0 Å². The first-order valence-electron chi connectivity index (χ1n) is 9.54. The Kier molecular flexibility index (Phi) is 5.66. The summed E-state index contributed by atoms with van der Waals surface area (Å²) in [5.41, 5.74) is 2.51. The summed E-state index contributed by atoms with van der Waals surface area (Å²) in [5, 5.41) is 10.1. The van der Waals surface area contributed by atoms with E-state index in [-0.39, 0.29) is 11.8 Å². The maximum atomic E-state index is 12.9. The van der Waals surface area contributed by atoms with Gasteiger partial charge < -0.3 is 10.6 Å². The van der Waals surface area contributed by atoms with Gasteiger partial charge in [0.2, 0.25) is 0 Å². The van der Waals surface area contributed by atoms with Gasteiger partial charge in [-0.2, -0.15) is 5.10 Å². The second-order valence-corrected chi connectivity index (χ2v) is 6.64. The first kappa shape index (κ1) is 19.1. The molecule has 1 heterocycles. The minimum atomic E-state index is -0.315. The molecular formula is C24H20N4O2. The van der Waals surface area contributed by atoms with E-state index in [2.05, 4.69) is 15.7 Å². The maximum Gasteiger partial charge on any atom is 0.256 e. The number of anilines is 1. The lowest BCUT2D eigenvalue weighted by Gasteiger charge is -2.12. The minimum Gasteiger partial charge on any atom is -0.348 e. The molecule has 0 spiro atoms. The van der Waals surface area contributed by atoms with E-state index in [0.29, 0.717) is 23.5 Å². The van der Waals surface area contributed by atoms with Crippen molar-refractivity contribution >= 4 is 17.6 Å². The van der Waals surface area contributed by atoms with Crippen molar-refractivity contribution in [3.8, 4) is 5.69 Å². The van der Waals surface area contributed by atoms with Crippen LogP contribution >= 0.6 is 0 Å². The molecule has 2 N–H and O–H groups in total. The largest absolute Gasteiger partial charge is 0.348 e. The van der Waals surface area contributed by atoms with Gasteiger partial charge in [-0.05, 0) is 29.8 Å². The van der Waals surface area contributed by atoms with E-state index in [1.165, 1.54) is 6.20 Å². The normalized spacial score (nSPS) is 10.4. The van der Waals surface area contributed by atoms with Crippen molar-refractivity contribution in [1.29, 1.82) is 0 Å². The van der Waals surface area contributed by atoms with Crippen molar-refractivity contribution in [3.05, 3.63) is 114 Å². The lowest BCUT2D eigenvalue weighted by atomic mass is 10.2. The zero-order valence-corrected chi connectivity index (χ0v) is 16.2. The van der Waals surface area contributed by atoms with Crippen LogP contribution in [0.5, 0.6) is 0 Å². The maximum absolute atomic E-state index is 12.9. The van der Waals surface area contributed by atoms with Gasteiger partial charge in [-0.3, -0.25) is 9.59 Å². The van der Waals surface area contributed by atoms with Gasteiger partial charge in [0.15, 0.2) is 0 Å². The Balaban J connectivity index is 1.63. The number of hydrogen-bond acceptors (Lipinski definition) is 3. The SMILES string of the molecule is O=C(Nc1c(C(=O)NCc2ccccc2)cnn1-c1ccccc1)c1ccccc1. The van der Waals surface area contributed by atoms with Crippen LogP contribution in [0, 0.1) is 0 Å². The molecule has 0 radical (unpaired) electrons. The van der Waals surface area contributed by atoms with E-state index in [1.54, 1.807) is 28.9 Å². The topological polar surface area (TPSA) is 76.0 Å². The van der Waals surface area contributed by atoms with Crippen LogP contribution in [-0.4, -0.2) is 21.6 Å². The number of nitrogens with one attached hydrogen (secondary N) is 2. The van der Waals surface area contributed by atoms with E-state index in [4.69, 9.17) is 0 Å². The van der Waals surface area contributed by atoms with Crippen LogP contribution in [0.4, 0.5) is 5.82 Å². The third kappa shape index (κ3) is 4.28. The number of nitrogens with zero attached hydrogens (tertiary/aromatic N) is 2. The first-order chi connectivity index (χ1) is 14.7. The predicted molar refractivity (Wildman–Crippen MR) is 116 cm³/mol. The molecule has 0 unspecified atom stereocenters. The fraction of sp³-hybridized carbons (Fsp3) is 0.0417. The zero-order chi connectivity index (χ0) is 20.8. The number of aromatic nitrogens is 2. The van der Waals surface area contributed by atoms with Gasteiger partial charge in [0.1, 0.15) is 11.4 Å². The quantitative estimate of drug-likeness (QED) is 0.516. The summed E-state index contributed by atoms with van der Waals surface area (Å²) >= 11 is 0. The summed E-state index contributed by atoms with van der Waals surface area (Å²) < 4.78 is 1.55. The van der Waals surface area contributed by atoms with Crippen LogP contribution in [0.1, 0.15) is 26.3 Å². The van der Waals surface area contributed by atoms with Crippen molar-refractivity contribution in [2.45, 2.75) is 6.54 Å². The Morgan fingerprint density at radius 2 is 1.37 bits per heavy atom. The first-order valence-corrected chi connectivity index (χ1v) is 9.54. The Labute approximate surface area is 174 Å². The lowest BCUT2D eigenvalue weighted by molar-refractivity contribution is 0.0952. The zero-order valence-electron chi connectivity index (χ0n) is 16.2. The molecule has 0 bridgehead atoms. The van der Waals surface area contributed by atoms with Crippen LogP contribution in [0.3, 0.4) is 0 Å². The van der Waals surface area contributed by atoms with E-state index >= 15 is 0 Å². The van der Waals surface area contributed by atoms with Crippen molar-refractivity contribution in [1.82, 2.24) is 15.1 Å². The molecule has 6 heteroatoms. The molecule has 3 aromatic carbocycles. The van der Waals surface area contributed by atoms with E-state index in [0.717, 1.165) is 11.3 Å². The molecular weight excluding hydrogens is 376 g/mol. The van der Waals surface area contributed by atoms with Crippen LogP contribution in [0.2, 0.25) is 0 Å². The van der Waals surface area contributed by atoms with Crippen LogP contribution in [-0.2, 0) is 6.54 Å². The molecule has 0 aliphatic carbocycles. The fourth-order valence-electron chi connectivity index (χ4n) is 3.04. The van der Waals surface area contributed by atoms with Gasteiger partial charge in [-0.15, -0.1) is 0 Å². The molecule has 0 saturated carbocycles. The Hall–Kier alpha value is -4.19. The number of carbonyl (C=O) groups is 2. The van der Waals surface area contributed by atoms with Gasteiger partial charge in [-0.25, -0.2) is 4.68 Å². The predicted octanol–water partition coefficient (Wildman–Crippen LogP) is 4.05. The number of amides is 2. The van der Waals surface area contributed by atoms with Crippen molar-refractivity contribution in [2.24, 2.45) is 0 Å². The van der Waals surface area contributed by atoms with E-state index in [9.17, 15) is 9.59 Å². The summed E-state index contributed by atoms with van der Waals surface area (Å²) in [4.78, 5) is 25.7. The highest BCUT2D eigenvalue weighted by atomic mass is 16.2. The number of benzene rings is 3. The lowest BCUT2D eigenvalue weighted by Crippen LogP contribution is -2.25. The van der Waals surface area contributed by atoms with Gasteiger partial charge in [-0.1, -0.05) is 66.7 Å². The standard InChI is InChI=1S/C24H20N4O2/c29-23(19-12-6-2-7-13-19)27-22-21(17-26-28(22)20-14-8-3-9-15-20)24(30)25-16-18-10-4-1-5-11-18/h1-15,17H,16H2,(H,25,30)(H,27,29). The average Bonchev–Trinajstić information content (AvgIpc) is 3.23. The molecule has 4 aromatic rings. The molecule has 0 fully saturated rings. The molecule has 0 atom stereocenters. The summed E-state index contributed by atoms with van der Waals surface area (Å²) in [7, 11) is 0.